The lowest BCUT2D eigenvalue weighted by Gasteiger charge is -2.24. The van der Waals surface area contributed by atoms with Gasteiger partial charge >= 0.3 is 5.97 Å². The molecule has 1 unspecified atom stereocenters. The minimum atomic E-state index is -3.67. The van der Waals surface area contributed by atoms with E-state index in [1.807, 2.05) is 0 Å². The Labute approximate surface area is 158 Å². The van der Waals surface area contributed by atoms with Crippen LogP contribution in [0.1, 0.15) is 35.2 Å². The van der Waals surface area contributed by atoms with Crippen molar-refractivity contribution in [3.8, 4) is 0 Å². The maximum atomic E-state index is 13.0. The summed E-state index contributed by atoms with van der Waals surface area (Å²) < 4.78 is 32.5. The molecule has 2 aliphatic rings. The van der Waals surface area contributed by atoms with Gasteiger partial charge in [0.25, 0.3) is 5.91 Å². The van der Waals surface area contributed by atoms with Crippen LogP contribution in [0.4, 0.5) is 0 Å². The van der Waals surface area contributed by atoms with Crippen molar-refractivity contribution in [3.63, 3.8) is 0 Å². The van der Waals surface area contributed by atoms with Crippen LogP contribution in [0.2, 0.25) is 0 Å². The molecule has 1 aromatic carbocycles. The molecule has 27 heavy (non-hydrogen) atoms. The standard InChI is InChI=1S/C18H24N2O6S/c1-12-3-6-14(27(24,25)19-13-4-5-13)9-15(12)16(21)20-8-7-18(10-20,11-26-2)17(22)23/h3,6,9,13,19H,4-5,7-8,10-11H2,1-2H3,(H,22,23). The number of amides is 1. The van der Waals surface area contributed by atoms with Crippen molar-refractivity contribution in [3.05, 3.63) is 29.3 Å². The van der Waals surface area contributed by atoms with Crippen LogP contribution < -0.4 is 4.72 Å². The molecule has 1 atom stereocenters. The second-order valence-corrected chi connectivity index (χ2v) is 9.08. The third-order valence-electron chi connectivity index (χ3n) is 5.16. The van der Waals surface area contributed by atoms with Crippen LogP contribution in [0, 0.1) is 12.3 Å². The van der Waals surface area contributed by atoms with Gasteiger partial charge in [-0.15, -0.1) is 0 Å². The van der Waals surface area contributed by atoms with E-state index < -0.39 is 21.4 Å². The van der Waals surface area contributed by atoms with Gasteiger partial charge in [0.2, 0.25) is 10.0 Å². The van der Waals surface area contributed by atoms with Gasteiger partial charge in [0.05, 0.1) is 11.5 Å². The lowest BCUT2D eigenvalue weighted by Crippen LogP contribution is -2.40. The van der Waals surface area contributed by atoms with Crippen molar-refractivity contribution < 1.29 is 27.9 Å². The summed E-state index contributed by atoms with van der Waals surface area (Å²) in [5.74, 6) is -1.36. The normalized spacial score (nSPS) is 22.8. The van der Waals surface area contributed by atoms with Gasteiger partial charge in [0, 0.05) is 31.8 Å². The molecule has 0 aromatic heterocycles. The second kappa shape index (κ2) is 7.21. The quantitative estimate of drug-likeness (QED) is 0.711. The van der Waals surface area contributed by atoms with Gasteiger partial charge in [0.15, 0.2) is 0 Å². The van der Waals surface area contributed by atoms with E-state index in [1.54, 1.807) is 13.0 Å². The van der Waals surface area contributed by atoms with Crippen LogP contribution >= 0.6 is 0 Å². The number of hydrogen-bond acceptors (Lipinski definition) is 5. The van der Waals surface area contributed by atoms with Crippen LogP contribution in [-0.4, -0.2) is 63.1 Å². The number of hydrogen-bond donors (Lipinski definition) is 2. The van der Waals surface area contributed by atoms with Crippen LogP contribution in [0.5, 0.6) is 0 Å². The summed E-state index contributed by atoms with van der Waals surface area (Å²) in [6.45, 7) is 2.06. The molecule has 0 radical (unpaired) electrons. The fraction of sp³-hybridized carbons (Fsp3) is 0.556. The van der Waals surface area contributed by atoms with Gasteiger partial charge in [-0.25, -0.2) is 13.1 Å². The maximum Gasteiger partial charge on any atom is 0.313 e. The highest BCUT2D eigenvalue weighted by Crippen LogP contribution is 2.33. The molecular weight excluding hydrogens is 372 g/mol. The molecule has 1 aliphatic carbocycles. The summed E-state index contributed by atoms with van der Waals surface area (Å²) in [5, 5.41) is 9.55. The van der Waals surface area contributed by atoms with Crippen molar-refractivity contribution in [1.82, 2.24) is 9.62 Å². The molecule has 0 bridgehead atoms. The van der Waals surface area contributed by atoms with E-state index in [0.717, 1.165) is 12.8 Å². The van der Waals surface area contributed by atoms with Gasteiger partial charge < -0.3 is 14.7 Å². The molecule has 2 N–H and O–H groups in total. The fourth-order valence-corrected chi connectivity index (χ4v) is 4.66. The van der Waals surface area contributed by atoms with Crippen LogP contribution in [0.25, 0.3) is 0 Å². The van der Waals surface area contributed by atoms with Crippen molar-refractivity contribution in [2.45, 2.75) is 37.1 Å². The minimum Gasteiger partial charge on any atom is -0.481 e. The molecule has 1 aromatic rings. The van der Waals surface area contributed by atoms with E-state index in [9.17, 15) is 23.1 Å². The summed E-state index contributed by atoms with van der Waals surface area (Å²) in [7, 11) is -2.24. The summed E-state index contributed by atoms with van der Waals surface area (Å²) in [6, 6.07) is 4.43. The number of aryl methyl sites for hydroxylation is 1. The molecule has 1 amide bonds. The van der Waals surface area contributed by atoms with E-state index >= 15 is 0 Å². The lowest BCUT2D eigenvalue weighted by atomic mass is 9.88. The first kappa shape index (κ1) is 19.8. The molecule has 3 rings (SSSR count). The SMILES string of the molecule is COCC1(C(=O)O)CCN(C(=O)c2cc(S(=O)(=O)NC3CC3)ccc2C)C1. The topological polar surface area (TPSA) is 113 Å². The first-order valence-electron chi connectivity index (χ1n) is 8.83. The highest BCUT2D eigenvalue weighted by molar-refractivity contribution is 7.89. The first-order valence-corrected chi connectivity index (χ1v) is 10.3. The molecule has 9 heteroatoms. The van der Waals surface area contributed by atoms with E-state index in [2.05, 4.69) is 4.72 Å². The average molecular weight is 396 g/mol. The Morgan fingerprint density at radius 2 is 2.07 bits per heavy atom. The average Bonchev–Trinajstić information content (AvgIpc) is 3.30. The Morgan fingerprint density at radius 3 is 2.67 bits per heavy atom. The lowest BCUT2D eigenvalue weighted by molar-refractivity contribution is -0.151. The van der Waals surface area contributed by atoms with Crippen LogP contribution in [-0.2, 0) is 19.6 Å². The number of carboxylic acids is 1. The third-order valence-corrected chi connectivity index (χ3v) is 6.68. The zero-order valence-electron chi connectivity index (χ0n) is 15.4. The Balaban J connectivity index is 1.84. The number of carbonyl (C=O) groups excluding carboxylic acids is 1. The van der Waals surface area contributed by atoms with Crippen LogP contribution in [0.3, 0.4) is 0 Å². The van der Waals surface area contributed by atoms with E-state index in [0.29, 0.717) is 12.0 Å². The summed E-state index contributed by atoms with van der Waals surface area (Å²) in [6.07, 6.45) is 1.94. The zero-order chi connectivity index (χ0) is 19.8. The highest BCUT2D eigenvalue weighted by atomic mass is 32.2. The van der Waals surface area contributed by atoms with E-state index in [-0.39, 0.29) is 42.1 Å². The number of sulfonamides is 1. The number of ether oxygens (including phenoxy) is 1. The van der Waals surface area contributed by atoms with Crippen LogP contribution in [0.15, 0.2) is 23.1 Å². The third kappa shape index (κ3) is 3.99. The predicted molar refractivity (Wildman–Crippen MR) is 97.0 cm³/mol. The number of aliphatic carboxylic acids is 1. The zero-order valence-corrected chi connectivity index (χ0v) is 16.2. The Hall–Kier alpha value is -1.97. The van der Waals surface area contributed by atoms with Gasteiger partial charge in [-0.3, -0.25) is 9.59 Å². The van der Waals surface area contributed by atoms with Gasteiger partial charge in [-0.2, -0.15) is 0 Å². The molecule has 2 fully saturated rings. The van der Waals surface area contributed by atoms with E-state index in [1.165, 1.54) is 24.1 Å². The van der Waals surface area contributed by atoms with E-state index in [4.69, 9.17) is 4.74 Å². The monoisotopic (exact) mass is 396 g/mol. The predicted octanol–water partition coefficient (Wildman–Crippen LogP) is 0.999. The van der Waals surface area contributed by atoms with Crippen molar-refractivity contribution in [2.24, 2.45) is 5.41 Å². The molecule has 148 valence electrons. The molecule has 1 aliphatic heterocycles. The number of nitrogens with one attached hydrogen (secondary N) is 1. The first-order chi connectivity index (χ1) is 12.7. The summed E-state index contributed by atoms with van der Waals surface area (Å²) in [4.78, 5) is 26.2. The molecule has 1 saturated heterocycles. The molecule has 1 heterocycles. The number of benzene rings is 1. The number of methoxy groups -OCH3 is 1. The van der Waals surface area contributed by atoms with Crippen molar-refractivity contribution in [2.75, 3.05) is 26.8 Å². The molecular formula is C18H24N2O6S. The van der Waals surface area contributed by atoms with Crippen molar-refractivity contribution >= 4 is 21.9 Å². The van der Waals surface area contributed by atoms with Gasteiger partial charge in [-0.05, 0) is 43.9 Å². The Bertz CT molecular complexity index is 865. The minimum absolute atomic E-state index is 0.0187. The van der Waals surface area contributed by atoms with Gasteiger partial charge in [-0.1, -0.05) is 6.07 Å². The Kier molecular flexibility index (Phi) is 5.29. The highest BCUT2D eigenvalue weighted by Gasteiger charge is 2.46. The molecule has 1 saturated carbocycles. The molecule has 8 nitrogen and oxygen atoms in total. The Morgan fingerprint density at radius 1 is 1.37 bits per heavy atom. The number of likely N-dealkylation sites (tertiary alicyclic amines) is 1. The summed E-state index contributed by atoms with van der Waals surface area (Å²) in [5.41, 5.74) is -0.215. The maximum absolute atomic E-state index is 13.0. The smallest absolute Gasteiger partial charge is 0.313 e. The summed E-state index contributed by atoms with van der Waals surface area (Å²) >= 11 is 0. The fourth-order valence-electron chi connectivity index (χ4n) is 3.33. The second-order valence-electron chi connectivity index (χ2n) is 7.37. The number of rotatable bonds is 7. The van der Waals surface area contributed by atoms with Crippen molar-refractivity contribution in [1.29, 1.82) is 0 Å². The number of nitrogens with zero attached hydrogens (tertiary/aromatic N) is 1. The number of carbonyl (C=O) groups is 2. The number of carboxylic acid groups (broad SMARTS) is 1. The van der Waals surface area contributed by atoms with Gasteiger partial charge in [0.1, 0.15) is 5.41 Å². The molecule has 0 spiro atoms. The largest absolute Gasteiger partial charge is 0.481 e.